The Bertz CT molecular complexity index is 3660. The van der Waals surface area contributed by atoms with Crippen LogP contribution in [0.4, 0.5) is 0 Å². The molecule has 0 amide bonds. The minimum absolute atomic E-state index is 0. The van der Waals surface area contributed by atoms with Crippen LogP contribution in [0.3, 0.4) is 0 Å². The molecule has 14 heteroatoms. The van der Waals surface area contributed by atoms with E-state index in [1.54, 1.807) is 41.3 Å². The summed E-state index contributed by atoms with van der Waals surface area (Å²) < 4.78 is 530. The van der Waals surface area contributed by atoms with Gasteiger partial charge in [-0.3, -0.25) is 9.97 Å². The SMILES string of the molecule is [3HH].[3H][3H].[3H][3H].[3H][3H].[3H][3H].[3H][3H].[3H][3H].[3H][3H].[3H][3H].[3H][3H].[3H][3H].[3H][3H].[3H][3H].[3H][3H].[3H][3H].[3H][3H].[3H][3H].[3H][3H].[3H][3H].[3H][3H].[3H][3H].[3H][3H].[3H][3H].[3H][3H].[3H][3H].[3H][3H].[3H][3H].[3H][3H].[3H][3H].[3H][3H].[3H][3H].[3H][3H].[3H][3H].[3H][3H].[3H][3H].[3H][3H].[3H][3H].[3H][3H].[3H][3H].[3H][3H].[3H][3H].[3H][3H].[3H][3H].[3H][3H].[3H][3H].[3H][3H].[3H][3H].[3H][3H].[3H][3H].[3H][3H].[3H][3H].[3H][3H].[3H][3H].[3H][3H].[C-]#[N+]C1=C(O)[C@H](C)[C@H]2CCc3c(-c4nccs4)nc(-c4ccnc5ccccc45)nc3[C@]2(C)C1.[C-]#[N+]C1=C[C@@]2(C)c3nc(-c4ccnc5ccccc45)nc(-c4nccs4)c3CC[C@@H]2[C@@H](C)C1=O. The average Bonchev–Trinajstić information content (AvgIpc) is 1.61. The summed E-state index contributed by atoms with van der Waals surface area (Å²) in [6.45, 7) is 23.6. The number of aliphatic hydroxyl groups excluding tert-OH is 1. The minimum Gasteiger partial charge on any atom is -0.523 e. The van der Waals surface area contributed by atoms with Crippen molar-refractivity contribution in [3.05, 3.63) is 165 Å². The van der Waals surface area contributed by atoms with Gasteiger partial charge >= 0.3 is 0 Å². The van der Waals surface area contributed by atoms with Crippen molar-refractivity contribution in [3.63, 3.8) is 0 Å². The van der Waals surface area contributed by atoms with E-state index in [-0.39, 0.29) is 47.8 Å². The summed E-state index contributed by atoms with van der Waals surface area (Å²) in [5, 5.41) is 18.4. The van der Waals surface area contributed by atoms with E-state index < -0.39 is 5.41 Å². The Balaban J connectivity index is -0.0000000268. The predicted octanol–water partition coefficient (Wildman–Crippen LogP) is 25.3. The van der Waals surface area contributed by atoms with Crippen molar-refractivity contribution < 1.29 is 169 Å². The molecule has 0 radical (unpaired) electrons. The fourth-order valence-electron chi connectivity index (χ4n) is 11.6. The second-order valence-electron chi connectivity index (χ2n) is 18.6. The van der Waals surface area contributed by atoms with Crippen LogP contribution in [-0.2, 0) is 28.5 Å². The first-order chi connectivity index (χ1) is 86.0. The smallest absolute Gasteiger partial charge is 0.226 e. The van der Waals surface area contributed by atoms with Gasteiger partial charge in [0.05, 0.1) is 41.3 Å². The molecule has 8 aromatic rings. The summed E-state index contributed by atoms with van der Waals surface area (Å²) >= 11 is 3.14. The number of rotatable bonds is 4. The maximum atomic E-state index is 12.8. The molecule has 2 aromatic carbocycles. The standard InChI is InChI=1S/C27H23N5OS.C27H21N5OS.54H2/c2*1-15-19-9-8-18-22(26-30-12-13-34-26)31-25(17-10-11-29-20-7-5-4-6-16(17)20)32-24(18)27(19,2)14-21(28-3)23(15)33;;;;;;;;;;;;;;;;;;;;;;;;;;;;;;;;;;;;;;;;;;;;;;;;;;;;;;/h4-7,10-13,15,19,33H,8-9,14H2,1-2H3;4-7,10-15,19H,8-9H2,1-2H3;54*1H/t2*15-,19-,27-;;;;;;;;;;;;;;;;;;;;;;;;;;;;;;;;;;;;;;;;;;;;;;;;;;;;;;/m11....................................................../s1/i;;53*1+2T;1+2. The molecule has 68 heavy (non-hydrogen) atoms. The highest BCUT2D eigenvalue weighted by molar-refractivity contribution is 7.13. The number of allylic oxidation sites excluding steroid dienone is 4. The minimum atomic E-state index is -0.534. The summed E-state index contributed by atoms with van der Waals surface area (Å²) in [6.07, 6.45) is 12.9. The molecule has 0 spiro atoms. The van der Waals surface area contributed by atoms with E-state index in [9.17, 15) is 9.90 Å². The lowest BCUT2D eigenvalue weighted by Gasteiger charge is -2.48. The van der Waals surface area contributed by atoms with E-state index in [0.29, 0.717) is 23.8 Å². The topological polar surface area (TPSA) is 149 Å². The molecule has 0 fully saturated rings. The monoisotopic (exact) mass is 1250 g/mol. The lowest BCUT2D eigenvalue weighted by molar-refractivity contribution is -0.121. The number of pyridine rings is 2. The van der Waals surface area contributed by atoms with Gasteiger partial charge in [-0.25, -0.2) is 39.6 Å². The first-order valence-electron chi connectivity index (χ1n) is 75.8. The maximum absolute atomic E-state index is 12.8. The van der Waals surface area contributed by atoms with Gasteiger partial charge in [0.1, 0.15) is 21.4 Å². The van der Waals surface area contributed by atoms with Crippen molar-refractivity contribution in [1.29, 1.82) is 0 Å². The molecule has 0 aliphatic heterocycles. The number of carbonyl (C=O) groups excluding carboxylic acids is 1. The van der Waals surface area contributed by atoms with Crippen LogP contribution < -0.4 is 0 Å². The number of ketones is 1. The van der Waals surface area contributed by atoms with E-state index in [0.717, 1.165) is 103 Å². The van der Waals surface area contributed by atoms with Crippen molar-refractivity contribution in [3.8, 4) is 44.2 Å². The van der Waals surface area contributed by atoms with Crippen LogP contribution in [0.1, 0.15) is 228 Å². The summed E-state index contributed by atoms with van der Waals surface area (Å²) in [5.41, 5.74) is 9.18. The van der Waals surface area contributed by atoms with E-state index in [4.69, 9.17) is 190 Å². The molecule has 4 aliphatic carbocycles. The average molecular weight is 1250 g/mol. The number of aromatic nitrogens is 8. The molecule has 6 heterocycles. The third-order valence-corrected chi connectivity index (χ3v) is 16.5. The number of carbonyl (C=O) groups is 1. The number of Topliss-reactive ketones (excluding diaryl/α,β-unsaturated/α-hetero) is 1. The van der Waals surface area contributed by atoms with Crippen LogP contribution in [0, 0.1) is 36.8 Å². The second kappa shape index (κ2) is 16.7. The van der Waals surface area contributed by atoms with Gasteiger partial charge in [-0.15, -0.1) is 22.7 Å². The molecule has 6 aromatic heterocycles. The number of hydrogen-bond donors (Lipinski definition) is 1. The van der Waals surface area contributed by atoms with Gasteiger partial charge < -0.3 is 9.90 Å². The van der Waals surface area contributed by atoms with Crippen LogP contribution >= 0.6 is 22.7 Å². The molecule has 0 bridgehead atoms. The molecular formula is C54H152N10O2S2. The number of thiazole rings is 2. The van der Waals surface area contributed by atoms with Gasteiger partial charge in [0.15, 0.2) is 17.4 Å². The van der Waals surface area contributed by atoms with E-state index in [1.807, 2.05) is 91.5 Å². The van der Waals surface area contributed by atoms with Gasteiger partial charge in [0.2, 0.25) is 11.4 Å². The van der Waals surface area contributed by atoms with Gasteiger partial charge in [-0.1, -0.05) is 70.2 Å². The Morgan fingerprint density at radius 2 is 1.24 bits per heavy atom. The molecule has 0 unspecified atom stereocenters. The summed E-state index contributed by atoms with van der Waals surface area (Å²) in [5.74, 6) is 1.43. The molecular weight excluding hydrogens is 885 g/mol. The van der Waals surface area contributed by atoms with Gasteiger partial charge in [0.25, 0.3) is 0 Å². The van der Waals surface area contributed by atoms with Gasteiger partial charge in [-0.05, 0) is 68.2 Å². The third-order valence-electron chi connectivity index (χ3n) is 14.9. The molecule has 12 nitrogen and oxygen atoms in total. The molecule has 12 rings (SSSR count). The Labute approximate surface area is 566 Å². The van der Waals surface area contributed by atoms with Gasteiger partial charge in [-0.2, -0.15) is 0 Å². The number of fused-ring (bicyclic) bond motifs is 8. The Morgan fingerprint density at radius 1 is 0.691 bits per heavy atom. The highest BCUT2D eigenvalue weighted by Crippen LogP contribution is 2.55. The predicted molar refractivity (Wildman–Crippen MR) is 379 cm³/mol. The molecule has 1 N–H and O–H groups in total. The highest BCUT2D eigenvalue weighted by Gasteiger charge is 2.51. The van der Waals surface area contributed by atoms with Crippen molar-refractivity contribution in [2.75, 3.05) is 0 Å². The Hall–Kier alpha value is -7.39. The number of benzene rings is 2. The zero-order chi connectivity index (χ0) is 153. The quantitative estimate of drug-likeness (QED) is 0.169. The first kappa shape index (κ1) is 14.1. The van der Waals surface area contributed by atoms with Crippen molar-refractivity contribution in [1.82, 2.24) is 39.9 Å². The summed E-state index contributed by atoms with van der Waals surface area (Å²) in [6, 6.07) is 19.9. The number of nitrogens with zero attached hydrogens (tertiary/aromatic N) is 10. The molecule has 4 aliphatic rings. The number of hydrogen-bond acceptors (Lipinski definition) is 12. The van der Waals surface area contributed by atoms with Crippen LogP contribution in [0.15, 0.2) is 119 Å². The highest BCUT2D eigenvalue weighted by atomic mass is 32.1. The zero-order valence-corrected chi connectivity index (χ0v) is 39.4. The molecule has 6 atom stereocenters. The Kier molecular flexibility index (Phi) is 3.47. The van der Waals surface area contributed by atoms with E-state index in [2.05, 4.69) is 49.5 Å². The Morgan fingerprint density at radius 3 is 1.78 bits per heavy atom. The zero-order valence-electron chi connectivity index (χ0n) is 144. The second-order valence-corrected chi connectivity index (χ2v) is 20.4. The van der Waals surface area contributed by atoms with Crippen LogP contribution in [0.5, 0.6) is 0 Å². The van der Waals surface area contributed by atoms with Crippen molar-refractivity contribution >= 4 is 50.3 Å². The van der Waals surface area contributed by atoms with Crippen molar-refractivity contribution in [2.45, 2.75) is 70.6 Å². The summed E-state index contributed by atoms with van der Waals surface area (Å²) in [4.78, 5) is 58.8. The first-order valence-corrected chi connectivity index (χ1v) is 24.5. The molecule has 442 valence electrons. The lowest BCUT2D eigenvalue weighted by Crippen LogP contribution is -2.46. The lowest BCUT2D eigenvalue weighted by atomic mass is 9.57. The van der Waals surface area contributed by atoms with Crippen LogP contribution in [0.25, 0.3) is 75.7 Å². The van der Waals surface area contributed by atoms with E-state index in [1.165, 1.54) is 0 Å². The fraction of sp³-hybridized carbons (Fsp3) is 0.278. The van der Waals surface area contributed by atoms with Crippen molar-refractivity contribution in [2.24, 2.45) is 23.7 Å². The van der Waals surface area contributed by atoms with Gasteiger partial charge in [0, 0.05) is 250 Å². The summed E-state index contributed by atoms with van der Waals surface area (Å²) in [7, 11) is 0. The molecule has 0 saturated carbocycles. The number of para-hydroxylation sites is 2. The molecule has 0 saturated heterocycles. The van der Waals surface area contributed by atoms with E-state index >= 15 is 0 Å². The van der Waals surface area contributed by atoms with Crippen LogP contribution in [0.2, 0.25) is 0 Å². The largest absolute Gasteiger partial charge is 0.523 e. The third kappa shape index (κ3) is 6.84. The fourth-order valence-corrected chi connectivity index (χ4v) is 12.9. The normalized spacial score (nSPS) is 30.0. The maximum Gasteiger partial charge on any atom is 0.226 e. The number of aliphatic hydroxyl groups is 1. The van der Waals surface area contributed by atoms with Crippen LogP contribution in [-0.4, -0.2) is 50.8 Å².